The lowest BCUT2D eigenvalue weighted by atomic mass is 10.1. The highest BCUT2D eigenvalue weighted by molar-refractivity contribution is 6.37. The highest BCUT2D eigenvalue weighted by Gasteiger charge is 2.18. The summed E-state index contributed by atoms with van der Waals surface area (Å²) in [6.45, 7) is 6.41. The summed E-state index contributed by atoms with van der Waals surface area (Å²) in [5.41, 5.74) is 10.2. The molecule has 1 aromatic heterocycles. The monoisotopic (exact) mass is 308 g/mol. The minimum atomic E-state index is 0. The molecule has 0 saturated heterocycles. The van der Waals surface area contributed by atoms with Crippen molar-refractivity contribution in [1.82, 2.24) is 4.57 Å². The predicted molar refractivity (Wildman–Crippen MR) is 91.2 cm³/mol. The molecule has 0 atom stereocenters. The van der Waals surface area contributed by atoms with Crippen LogP contribution >= 0.6 is 24.0 Å². The maximum Gasteiger partial charge on any atom is 0.0687 e. The molecule has 0 aliphatic heterocycles. The van der Waals surface area contributed by atoms with Crippen LogP contribution in [0.25, 0.3) is 21.8 Å². The van der Waals surface area contributed by atoms with E-state index in [1.807, 2.05) is 6.07 Å². The van der Waals surface area contributed by atoms with Crippen LogP contribution < -0.4 is 5.73 Å². The van der Waals surface area contributed by atoms with Gasteiger partial charge in [0.2, 0.25) is 0 Å². The topological polar surface area (TPSA) is 30.9 Å². The van der Waals surface area contributed by atoms with Crippen LogP contribution in [0.4, 0.5) is 5.69 Å². The summed E-state index contributed by atoms with van der Waals surface area (Å²) in [5.74, 6) is 0. The first kappa shape index (κ1) is 15.0. The van der Waals surface area contributed by atoms with Crippen molar-refractivity contribution in [2.24, 2.45) is 0 Å². The van der Waals surface area contributed by atoms with Gasteiger partial charge in [-0.05, 0) is 38.5 Å². The van der Waals surface area contributed by atoms with Gasteiger partial charge in [-0.1, -0.05) is 29.8 Å². The lowest BCUT2D eigenvalue weighted by Crippen LogP contribution is -2.01. The first-order valence-corrected chi connectivity index (χ1v) is 6.87. The van der Waals surface area contributed by atoms with E-state index in [0.717, 1.165) is 21.8 Å². The molecule has 0 unspecified atom stereocenters. The number of para-hydroxylation sites is 1. The van der Waals surface area contributed by atoms with Gasteiger partial charge in [0.1, 0.15) is 0 Å². The molecule has 2 aromatic carbocycles. The highest BCUT2D eigenvalue weighted by atomic mass is 35.5. The molecule has 0 aliphatic carbocycles. The molecular weight excluding hydrogens is 291 g/mol. The zero-order valence-corrected chi connectivity index (χ0v) is 13.3. The summed E-state index contributed by atoms with van der Waals surface area (Å²) < 4.78 is 2.29. The summed E-state index contributed by atoms with van der Waals surface area (Å²) in [5, 5.41) is 3.12. The van der Waals surface area contributed by atoms with Crippen molar-refractivity contribution in [2.45, 2.75) is 26.8 Å². The van der Waals surface area contributed by atoms with Gasteiger partial charge in [0.15, 0.2) is 0 Å². The fourth-order valence-corrected chi connectivity index (χ4v) is 3.17. The number of hydrogen-bond acceptors (Lipinski definition) is 1. The van der Waals surface area contributed by atoms with Crippen LogP contribution in [0.5, 0.6) is 0 Å². The first-order chi connectivity index (χ1) is 9.02. The van der Waals surface area contributed by atoms with Gasteiger partial charge < -0.3 is 10.3 Å². The Kier molecular flexibility index (Phi) is 3.90. The summed E-state index contributed by atoms with van der Waals surface area (Å²) >= 11 is 6.45. The highest BCUT2D eigenvalue weighted by Crippen LogP contribution is 2.39. The number of nitrogens with two attached hydrogens (primary N) is 1. The average molecular weight is 309 g/mol. The van der Waals surface area contributed by atoms with E-state index in [1.54, 1.807) is 0 Å². The summed E-state index contributed by atoms with van der Waals surface area (Å²) in [6.07, 6.45) is 0. The number of aryl methyl sites for hydroxylation is 1. The lowest BCUT2D eigenvalue weighted by molar-refractivity contribution is 0.642. The third-order valence-electron chi connectivity index (χ3n) is 3.74. The van der Waals surface area contributed by atoms with Crippen LogP contribution in [-0.2, 0) is 0 Å². The van der Waals surface area contributed by atoms with E-state index in [1.165, 1.54) is 16.3 Å². The van der Waals surface area contributed by atoms with Crippen LogP contribution in [-0.4, -0.2) is 4.57 Å². The molecule has 0 spiro atoms. The van der Waals surface area contributed by atoms with Gasteiger partial charge in [-0.3, -0.25) is 0 Å². The van der Waals surface area contributed by atoms with Crippen LogP contribution in [0.15, 0.2) is 30.3 Å². The van der Waals surface area contributed by atoms with Crippen LogP contribution in [0, 0.1) is 6.92 Å². The number of rotatable bonds is 1. The molecule has 2 N–H and O–H groups in total. The maximum atomic E-state index is 6.45. The number of aromatic nitrogens is 1. The van der Waals surface area contributed by atoms with Crippen molar-refractivity contribution in [2.75, 3.05) is 5.73 Å². The molecule has 4 heteroatoms. The number of hydrogen-bond donors (Lipinski definition) is 1. The Morgan fingerprint density at radius 1 is 1.20 bits per heavy atom. The fraction of sp³-hybridized carbons (Fsp3) is 0.250. The van der Waals surface area contributed by atoms with E-state index >= 15 is 0 Å². The molecule has 0 bridgehead atoms. The molecule has 0 saturated carbocycles. The van der Waals surface area contributed by atoms with Crippen molar-refractivity contribution in [3.63, 3.8) is 0 Å². The van der Waals surface area contributed by atoms with Gasteiger partial charge in [0.05, 0.1) is 10.5 Å². The lowest BCUT2D eigenvalue weighted by Gasteiger charge is -2.13. The third-order valence-corrected chi connectivity index (χ3v) is 4.03. The van der Waals surface area contributed by atoms with Gasteiger partial charge in [-0.25, -0.2) is 0 Å². The van der Waals surface area contributed by atoms with Gasteiger partial charge >= 0.3 is 0 Å². The Morgan fingerprint density at radius 2 is 1.85 bits per heavy atom. The molecule has 0 amide bonds. The molecule has 106 valence electrons. The van der Waals surface area contributed by atoms with Gasteiger partial charge in [0.25, 0.3) is 0 Å². The van der Waals surface area contributed by atoms with Gasteiger partial charge in [-0.2, -0.15) is 0 Å². The minimum absolute atomic E-state index is 0. The number of anilines is 1. The van der Waals surface area contributed by atoms with Crippen molar-refractivity contribution < 1.29 is 0 Å². The van der Waals surface area contributed by atoms with E-state index in [0.29, 0.717) is 6.04 Å². The normalized spacial score (nSPS) is 11.2. The molecule has 3 rings (SSSR count). The van der Waals surface area contributed by atoms with Gasteiger partial charge in [0, 0.05) is 28.0 Å². The first-order valence-electron chi connectivity index (χ1n) is 6.49. The Hall–Kier alpha value is -1.38. The van der Waals surface area contributed by atoms with Crippen molar-refractivity contribution in [1.29, 1.82) is 0 Å². The zero-order chi connectivity index (χ0) is 13.7. The van der Waals surface area contributed by atoms with E-state index in [4.69, 9.17) is 17.3 Å². The standard InChI is InChI=1S/C16H17ClN2.ClH/c1-9(2)19-14-7-5-4-6-11(14)15-10(3)13(18)8-12(17)16(15)19;/h4-9H,18H2,1-3H3;1H. The van der Waals surface area contributed by atoms with Crippen molar-refractivity contribution >= 4 is 51.5 Å². The van der Waals surface area contributed by atoms with Crippen molar-refractivity contribution in [3.05, 3.63) is 40.9 Å². The molecule has 1 heterocycles. The molecule has 3 aromatic rings. The second kappa shape index (κ2) is 5.19. The predicted octanol–water partition coefficient (Wildman–Crippen LogP) is 5.34. The van der Waals surface area contributed by atoms with Crippen LogP contribution in [0.1, 0.15) is 25.5 Å². The summed E-state index contributed by atoms with van der Waals surface area (Å²) in [6, 6.07) is 10.6. The summed E-state index contributed by atoms with van der Waals surface area (Å²) in [7, 11) is 0. The fourth-order valence-electron chi connectivity index (χ4n) is 2.87. The minimum Gasteiger partial charge on any atom is -0.398 e. The Bertz CT molecular complexity index is 788. The quantitative estimate of drug-likeness (QED) is 0.604. The van der Waals surface area contributed by atoms with Crippen LogP contribution in [0.2, 0.25) is 5.02 Å². The Labute approximate surface area is 129 Å². The Balaban J connectivity index is 0.00000147. The molecule has 0 radical (unpaired) electrons. The average Bonchev–Trinajstić information content (AvgIpc) is 2.71. The third kappa shape index (κ3) is 1.95. The number of halogens is 2. The zero-order valence-electron chi connectivity index (χ0n) is 11.8. The molecular formula is C16H18Cl2N2. The largest absolute Gasteiger partial charge is 0.398 e. The van der Waals surface area contributed by atoms with Crippen molar-refractivity contribution in [3.8, 4) is 0 Å². The second-order valence-corrected chi connectivity index (χ2v) is 5.68. The SMILES string of the molecule is Cc1c(N)cc(Cl)c2c1c1ccccc1n2C(C)C.Cl. The smallest absolute Gasteiger partial charge is 0.0687 e. The van der Waals surface area contributed by atoms with E-state index in [-0.39, 0.29) is 12.4 Å². The maximum absolute atomic E-state index is 6.45. The van der Waals surface area contributed by atoms with E-state index < -0.39 is 0 Å². The number of nitrogen functional groups attached to an aromatic ring is 1. The van der Waals surface area contributed by atoms with Crippen LogP contribution in [0.3, 0.4) is 0 Å². The van der Waals surface area contributed by atoms with E-state index in [2.05, 4.69) is 49.6 Å². The number of benzene rings is 2. The number of fused-ring (bicyclic) bond motifs is 3. The van der Waals surface area contributed by atoms with Gasteiger partial charge in [-0.15, -0.1) is 12.4 Å². The second-order valence-electron chi connectivity index (χ2n) is 5.28. The Morgan fingerprint density at radius 3 is 2.50 bits per heavy atom. The molecule has 0 fully saturated rings. The molecule has 2 nitrogen and oxygen atoms in total. The number of nitrogens with zero attached hydrogens (tertiary/aromatic N) is 1. The summed E-state index contributed by atoms with van der Waals surface area (Å²) in [4.78, 5) is 0. The van der Waals surface area contributed by atoms with E-state index in [9.17, 15) is 0 Å². The molecule has 20 heavy (non-hydrogen) atoms. The molecule has 0 aliphatic rings.